The first kappa shape index (κ1) is 13.3. The summed E-state index contributed by atoms with van der Waals surface area (Å²) >= 11 is 3.06. The molecule has 0 aliphatic heterocycles. The second-order valence-electron chi connectivity index (χ2n) is 2.79. The van der Waals surface area contributed by atoms with Gasteiger partial charge in [0.25, 0.3) is 9.05 Å². The molecule has 0 saturated carbocycles. The molecular formula is C8H7BrClNO4S. The predicted octanol–water partition coefficient (Wildman–Crippen LogP) is 1.48. The number of rotatable bonds is 3. The van der Waals surface area contributed by atoms with Crippen LogP contribution >= 0.6 is 26.6 Å². The summed E-state index contributed by atoms with van der Waals surface area (Å²) in [5, 5.41) is 0. The third kappa shape index (κ3) is 2.66. The maximum absolute atomic E-state index is 11.3. The summed E-state index contributed by atoms with van der Waals surface area (Å²) in [4.78, 5) is 10.6. The summed E-state index contributed by atoms with van der Waals surface area (Å²) in [5.74, 6) is -0.732. The smallest absolute Gasteiger partial charge is 0.265 e. The molecule has 2 N–H and O–H groups in total. The lowest BCUT2D eigenvalue weighted by Crippen LogP contribution is -2.12. The highest BCUT2D eigenvalue weighted by molar-refractivity contribution is 9.10. The molecule has 0 radical (unpaired) electrons. The Morgan fingerprint density at radius 3 is 2.44 bits per heavy atom. The van der Waals surface area contributed by atoms with Crippen molar-refractivity contribution in [3.8, 4) is 5.75 Å². The van der Waals surface area contributed by atoms with Gasteiger partial charge in [-0.05, 0) is 28.1 Å². The molecule has 0 heterocycles. The highest BCUT2D eigenvalue weighted by Gasteiger charge is 2.21. The van der Waals surface area contributed by atoms with E-state index in [1.807, 2.05) is 0 Å². The third-order valence-electron chi connectivity index (χ3n) is 1.76. The van der Waals surface area contributed by atoms with E-state index in [2.05, 4.69) is 15.9 Å². The van der Waals surface area contributed by atoms with Gasteiger partial charge in [0.15, 0.2) is 5.75 Å². The van der Waals surface area contributed by atoms with Crippen LogP contribution in [-0.2, 0) is 9.05 Å². The number of amides is 1. The largest absolute Gasteiger partial charge is 0.494 e. The third-order valence-corrected chi connectivity index (χ3v) is 3.68. The number of ether oxygens (including phenoxy) is 1. The molecular weight excluding hydrogens is 322 g/mol. The molecule has 1 rings (SSSR count). The zero-order chi connectivity index (χ0) is 12.5. The lowest BCUT2D eigenvalue weighted by atomic mass is 10.2. The quantitative estimate of drug-likeness (QED) is 0.852. The molecule has 88 valence electrons. The van der Waals surface area contributed by atoms with E-state index in [4.69, 9.17) is 21.2 Å². The van der Waals surface area contributed by atoms with Gasteiger partial charge in [0.1, 0.15) is 4.90 Å². The highest BCUT2D eigenvalue weighted by Crippen LogP contribution is 2.35. The van der Waals surface area contributed by atoms with E-state index in [0.717, 1.165) is 6.07 Å². The van der Waals surface area contributed by atoms with Crippen molar-refractivity contribution in [2.24, 2.45) is 5.73 Å². The second-order valence-corrected chi connectivity index (χ2v) is 6.18. The Kier molecular flexibility index (Phi) is 3.82. The van der Waals surface area contributed by atoms with Crippen LogP contribution in [0.4, 0.5) is 0 Å². The van der Waals surface area contributed by atoms with Crippen molar-refractivity contribution in [1.29, 1.82) is 0 Å². The Balaban J connectivity index is 3.62. The Labute approximate surface area is 105 Å². The molecule has 0 aliphatic carbocycles. The van der Waals surface area contributed by atoms with Crippen molar-refractivity contribution in [3.63, 3.8) is 0 Å². The number of halogens is 2. The molecule has 0 spiro atoms. The summed E-state index contributed by atoms with van der Waals surface area (Å²) < 4.78 is 27.7. The predicted molar refractivity (Wildman–Crippen MR) is 62.3 cm³/mol. The molecule has 0 saturated heterocycles. The van der Waals surface area contributed by atoms with Gasteiger partial charge in [0, 0.05) is 16.2 Å². The summed E-state index contributed by atoms with van der Waals surface area (Å²) in [6.07, 6.45) is 0. The molecule has 0 atom stereocenters. The maximum atomic E-state index is 11.3. The van der Waals surface area contributed by atoms with Crippen LogP contribution < -0.4 is 10.5 Å². The number of carbonyl (C=O) groups excluding carboxylic acids is 1. The van der Waals surface area contributed by atoms with Crippen LogP contribution in [0.15, 0.2) is 21.5 Å². The van der Waals surface area contributed by atoms with Crippen LogP contribution in [0, 0.1) is 0 Å². The average molecular weight is 329 g/mol. The van der Waals surface area contributed by atoms with Crippen molar-refractivity contribution in [1.82, 2.24) is 0 Å². The topological polar surface area (TPSA) is 86.5 Å². The van der Waals surface area contributed by atoms with Crippen molar-refractivity contribution in [3.05, 3.63) is 22.2 Å². The van der Waals surface area contributed by atoms with Crippen molar-refractivity contribution in [2.45, 2.75) is 4.90 Å². The van der Waals surface area contributed by atoms with E-state index >= 15 is 0 Å². The van der Waals surface area contributed by atoms with Gasteiger partial charge in [-0.3, -0.25) is 4.79 Å². The normalized spacial score (nSPS) is 11.2. The monoisotopic (exact) mass is 327 g/mol. The second kappa shape index (κ2) is 4.60. The van der Waals surface area contributed by atoms with Gasteiger partial charge in [-0.15, -0.1) is 0 Å². The first-order valence-corrected chi connectivity index (χ1v) is 6.99. The number of carbonyl (C=O) groups is 1. The van der Waals surface area contributed by atoms with Crippen molar-refractivity contribution in [2.75, 3.05) is 7.11 Å². The minimum absolute atomic E-state index is 0.0203. The van der Waals surface area contributed by atoms with Crippen LogP contribution in [-0.4, -0.2) is 21.4 Å². The fraction of sp³-hybridized carbons (Fsp3) is 0.125. The van der Waals surface area contributed by atoms with Gasteiger partial charge in [-0.1, -0.05) is 0 Å². The van der Waals surface area contributed by atoms with Gasteiger partial charge in [-0.2, -0.15) is 0 Å². The molecule has 0 aromatic heterocycles. The minimum atomic E-state index is -4.01. The summed E-state index contributed by atoms with van der Waals surface area (Å²) in [6.45, 7) is 0. The highest BCUT2D eigenvalue weighted by atomic mass is 79.9. The molecule has 1 aromatic rings. The number of benzene rings is 1. The van der Waals surface area contributed by atoms with E-state index in [-0.39, 0.29) is 20.7 Å². The molecule has 1 amide bonds. The molecule has 0 unspecified atom stereocenters. The van der Waals surface area contributed by atoms with E-state index in [1.54, 1.807) is 0 Å². The lowest BCUT2D eigenvalue weighted by molar-refractivity contribution is 0.1000. The molecule has 0 aliphatic rings. The van der Waals surface area contributed by atoms with Crippen LogP contribution in [0.1, 0.15) is 10.4 Å². The fourth-order valence-corrected chi connectivity index (χ4v) is 2.87. The van der Waals surface area contributed by atoms with Crippen LogP contribution in [0.5, 0.6) is 5.75 Å². The van der Waals surface area contributed by atoms with Crippen LogP contribution in [0.25, 0.3) is 0 Å². The van der Waals surface area contributed by atoms with E-state index in [0.29, 0.717) is 0 Å². The van der Waals surface area contributed by atoms with Crippen molar-refractivity contribution < 1.29 is 17.9 Å². The Morgan fingerprint density at radius 1 is 1.50 bits per heavy atom. The van der Waals surface area contributed by atoms with E-state index in [1.165, 1.54) is 13.2 Å². The van der Waals surface area contributed by atoms with Crippen molar-refractivity contribution >= 4 is 41.6 Å². The minimum Gasteiger partial charge on any atom is -0.494 e. The van der Waals surface area contributed by atoms with Gasteiger partial charge in [0.2, 0.25) is 5.91 Å². The Morgan fingerprint density at radius 2 is 2.06 bits per heavy atom. The Hall–Kier alpha value is -0.790. The summed E-state index contributed by atoms with van der Waals surface area (Å²) in [7, 11) is 2.48. The van der Waals surface area contributed by atoms with Gasteiger partial charge in [0.05, 0.1) is 11.6 Å². The molecule has 0 fully saturated rings. The molecule has 8 heteroatoms. The first-order valence-electron chi connectivity index (χ1n) is 3.89. The zero-order valence-corrected chi connectivity index (χ0v) is 11.2. The maximum Gasteiger partial charge on any atom is 0.265 e. The molecule has 5 nitrogen and oxygen atoms in total. The van der Waals surface area contributed by atoms with Gasteiger partial charge >= 0.3 is 0 Å². The lowest BCUT2D eigenvalue weighted by Gasteiger charge is -2.09. The number of hydrogen-bond donors (Lipinski definition) is 1. The van der Waals surface area contributed by atoms with E-state index in [9.17, 15) is 13.2 Å². The average Bonchev–Trinajstić information content (AvgIpc) is 2.14. The summed E-state index contributed by atoms with van der Waals surface area (Å²) in [6, 6.07) is 2.42. The van der Waals surface area contributed by atoms with Gasteiger partial charge < -0.3 is 10.5 Å². The number of primary amides is 1. The van der Waals surface area contributed by atoms with Gasteiger partial charge in [-0.25, -0.2) is 8.42 Å². The number of nitrogens with two attached hydrogens (primary N) is 1. The standard InChI is InChI=1S/C8H7BrClNO4S/c1-15-7-5(9)2-4(8(11)12)3-6(7)16(10,13)14/h2-3H,1H3,(H2,11,12). The first-order chi connectivity index (χ1) is 7.27. The Bertz CT molecular complexity index is 543. The zero-order valence-electron chi connectivity index (χ0n) is 8.03. The van der Waals surface area contributed by atoms with Crippen LogP contribution in [0.3, 0.4) is 0 Å². The number of methoxy groups -OCH3 is 1. The molecule has 1 aromatic carbocycles. The van der Waals surface area contributed by atoms with E-state index < -0.39 is 15.0 Å². The van der Waals surface area contributed by atoms with Crippen LogP contribution in [0.2, 0.25) is 0 Å². The number of hydrogen-bond acceptors (Lipinski definition) is 4. The molecule has 0 bridgehead atoms. The molecule has 16 heavy (non-hydrogen) atoms. The SMILES string of the molecule is COc1c(Br)cc(C(N)=O)cc1S(=O)(=O)Cl. The fourth-order valence-electron chi connectivity index (χ4n) is 1.09. The summed E-state index contributed by atoms with van der Waals surface area (Å²) in [5.41, 5.74) is 5.07.